The normalized spacial score (nSPS) is 10.4. The van der Waals surface area contributed by atoms with Gasteiger partial charge in [0.25, 0.3) is 5.91 Å². The second kappa shape index (κ2) is 7.45. The van der Waals surface area contributed by atoms with Gasteiger partial charge in [-0.3, -0.25) is 14.9 Å². The SMILES string of the molecule is CC(=O)Nc1cccc(C(=O)Nc2nc(-c3ccc(F)cc3)c(C)s2)c1. The summed E-state index contributed by atoms with van der Waals surface area (Å²) < 4.78 is 13.1. The van der Waals surface area contributed by atoms with Gasteiger partial charge in [-0.2, -0.15) is 0 Å². The molecule has 0 aliphatic heterocycles. The van der Waals surface area contributed by atoms with Crippen LogP contribution in [0.4, 0.5) is 15.2 Å². The van der Waals surface area contributed by atoms with Crippen molar-refractivity contribution in [1.82, 2.24) is 4.98 Å². The van der Waals surface area contributed by atoms with Gasteiger partial charge in [-0.1, -0.05) is 6.07 Å². The molecule has 3 rings (SSSR count). The van der Waals surface area contributed by atoms with Gasteiger partial charge in [0.2, 0.25) is 5.91 Å². The Balaban J connectivity index is 1.79. The number of amides is 2. The maximum atomic E-state index is 13.1. The Morgan fingerprint density at radius 3 is 2.50 bits per heavy atom. The quantitative estimate of drug-likeness (QED) is 0.713. The Morgan fingerprint density at radius 2 is 1.81 bits per heavy atom. The van der Waals surface area contributed by atoms with Crippen molar-refractivity contribution in [2.45, 2.75) is 13.8 Å². The van der Waals surface area contributed by atoms with Crippen molar-refractivity contribution < 1.29 is 14.0 Å². The highest BCUT2D eigenvalue weighted by Gasteiger charge is 2.14. The minimum absolute atomic E-state index is 0.206. The van der Waals surface area contributed by atoms with E-state index in [1.807, 2.05) is 6.92 Å². The molecule has 0 radical (unpaired) electrons. The highest BCUT2D eigenvalue weighted by atomic mass is 32.1. The molecule has 2 amide bonds. The number of nitrogens with one attached hydrogen (secondary N) is 2. The highest BCUT2D eigenvalue weighted by molar-refractivity contribution is 7.16. The van der Waals surface area contributed by atoms with Crippen LogP contribution < -0.4 is 10.6 Å². The first kappa shape index (κ1) is 17.8. The summed E-state index contributed by atoms with van der Waals surface area (Å²) in [7, 11) is 0. The molecular formula is C19H16FN3O2S. The van der Waals surface area contributed by atoms with Gasteiger partial charge in [-0.05, 0) is 49.4 Å². The van der Waals surface area contributed by atoms with Gasteiger partial charge in [0.05, 0.1) is 5.69 Å². The molecule has 2 N–H and O–H groups in total. The molecule has 0 saturated carbocycles. The molecule has 1 aromatic heterocycles. The van der Waals surface area contributed by atoms with Crippen molar-refractivity contribution in [1.29, 1.82) is 0 Å². The van der Waals surface area contributed by atoms with E-state index in [9.17, 15) is 14.0 Å². The average Bonchev–Trinajstić information content (AvgIpc) is 2.95. The lowest BCUT2D eigenvalue weighted by molar-refractivity contribution is -0.114. The van der Waals surface area contributed by atoms with Gasteiger partial charge in [-0.15, -0.1) is 11.3 Å². The molecule has 5 nitrogen and oxygen atoms in total. The summed E-state index contributed by atoms with van der Waals surface area (Å²) in [6.07, 6.45) is 0. The lowest BCUT2D eigenvalue weighted by Gasteiger charge is -2.05. The van der Waals surface area contributed by atoms with Gasteiger partial charge in [0.1, 0.15) is 5.82 Å². The predicted molar refractivity (Wildman–Crippen MR) is 101 cm³/mol. The van der Waals surface area contributed by atoms with Crippen LogP contribution in [0.1, 0.15) is 22.2 Å². The van der Waals surface area contributed by atoms with Crippen molar-refractivity contribution in [3.63, 3.8) is 0 Å². The van der Waals surface area contributed by atoms with E-state index in [0.29, 0.717) is 22.1 Å². The number of carbonyl (C=O) groups is 2. The Bertz CT molecular complexity index is 967. The molecule has 3 aromatic rings. The zero-order valence-electron chi connectivity index (χ0n) is 14.2. The van der Waals surface area contributed by atoms with E-state index in [-0.39, 0.29) is 17.6 Å². The van der Waals surface area contributed by atoms with Gasteiger partial charge in [0, 0.05) is 28.6 Å². The van der Waals surface area contributed by atoms with Crippen LogP contribution in [-0.4, -0.2) is 16.8 Å². The van der Waals surface area contributed by atoms with E-state index in [1.54, 1.807) is 36.4 Å². The van der Waals surface area contributed by atoms with Crippen LogP contribution in [-0.2, 0) is 4.79 Å². The molecule has 0 fully saturated rings. The standard InChI is InChI=1S/C19H16FN3O2S/c1-11-17(13-6-8-15(20)9-7-13)22-19(26-11)23-18(25)14-4-3-5-16(10-14)21-12(2)24/h3-10H,1-2H3,(H,21,24)(H,22,23,25). The van der Waals surface area contributed by atoms with E-state index in [1.165, 1.54) is 30.4 Å². The second-order valence-electron chi connectivity index (χ2n) is 5.65. The topological polar surface area (TPSA) is 71.1 Å². The Morgan fingerprint density at radius 1 is 1.08 bits per heavy atom. The number of rotatable bonds is 4. The Kier molecular flexibility index (Phi) is 5.09. The molecular weight excluding hydrogens is 353 g/mol. The summed E-state index contributed by atoms with van der Waals surface area (Å²) in [4.78, 5) is 28.9. The van der Waals surface area contributed by atoms with E-state index < -0.39 is 0 Å². The number of anilines is 2. The first-order chi connectivity index (χ1) is 12.4. The molecule has 0 aliphatic rings. The number of hydrogen-bond acceptors (Lipinski definition) is 4. The van der Waals surface area contributed by atoms with Crippen molar-refractivity contribution in [2.75, 3.05) is 10.6 Å². The maximum absolute atomic E-state index is 13.1. The number of aryl methyl sites for hydroxylation is 1. The molecule has 26 heavy (non-hydrogen) atoms. The van der Waals surface area contributed by atoms with Crippen LogP contribution in [0, 0.1) is 12.7 Å². The summed E-state index contributed by atoms with van der Waals surface area (Å²) >= 11 is 1.34. The third-order valence-corrected chi connectivity index (χ3v) is 4.47. The van der Waals surface area contributed by atoms with Crippen molar-refractivity contribution >= 4 is 34.0 Å². The zero-order valence-corrected chi connectivity index (χ0v) is 15.0. The fourth-order valence-corrected chi connectivity index (χ4v) is 3.27. The summed E-state index contributed by atoms with van der Waals surface area (Å²) in [6.45, 7) is 3.30. The molecule has 2 aromatic carbocycles. The van der Waals surface area contributed by atoms with Crippen LogP contribution in [0.5, 0.6) is 0 Å². The number of hydrogen-bond donors (Lipinski definition) is 2. The number of aromatic nitrogens is 1. The average molecular weight is 369 g/mol. The van der Waals surface area contributed by atoms with Crippen molar-refractivity contribution in [3.05, 3.63) is 64.8 Å². The summed E-state index contributed by atoms with van der Waals surface area (Å²) in [6, 6.07) is 12.7. The van der Waals surface area contributed by atoms with Crippen LogP contribution in [0.3, 0.4) is 0 Å². The van der Waals surface area contributed by atoms with E-state index >= 15 is 0 Å². The lowest BCUT2D eigenvalue weighted by atomic mass is 10.1. The third-order valence-electron chi connectivity index (χ3n) is 3.58. The zero-order chi connectivity index (χ0) is 18.7. The third kappa shape index (κ3) is 4.12. The largest absolute Gasteiger partial charge is 0.326 e. The van der Waals surface area contributed by atoms with E-state index in [0.717, 1.165) is 10.4 Å². The Hall–Kier alpha value is -3.06. The molecule has 1 heterocycles. The number of halogens is 1. The summed E-state index contributed by atoms with van der Waals surface area (Å²) in [5.74, 6) is -0.840. The smallest absolute Gasteiger partial charge is 0.257 e. The molecule has 7 heteroatoms. The van der Waals surface area contributed by atoms with Crippen molar-refractivity contribution in [3.8, 4) is 11.3 Å². The Labute approximate surface area is 153 Å². The van der Waals surface area contributed by atoms with Crippen LogP contribution >= 0.6 is 11.3 Å². The molecule has 0 atom stereocenters. The number of thiazole rings is 1. The highest BCUT2D eigenvalue weighted by Crippen LogP contribution is 2.30. The predicted octanol–water partition coefficient (Wildman–Crippen LogP) is 4.47. The maximum Gasteiger partial charge on any atom is 0.257 e. The minimum Gasteiger partial charge on any atom is -0.326 e. The van der Waals surface area contributed by atoms with Crippen LogP contribution in [0.2, 0.25) is 0 Å². The number of benzene rings is 2. The monoisotopic (exact) mass is 369 g/mol. The number of carbonyl (C=O) groups excluding carboxylic acids is 2. The molecule has 132 valence electrons. The summed E-state index contributed by atoms with van der Waals surface area (Å²) in [5.41, 5.74) is 2.45. The first-order valence-corrected chi connectivity index (χ1v) is 8.66. The van der Waals surface area contributed by atoms with Gasteiger partial charge >= 0.3 is 0 Å². The van der Waals surface area contributed by atoms with Gasteiger partial charge in [0.15, 0.2) is 5.13 Å². The van der Waals surface area contributed by atoms with Crippen LogP contribution in [0.25, 0.3) is 11.3 Å². The molecule has 0 aliphatic carbocycles. The van der Waals surface area contributed by atoms with E-state index in [2.05, 4.69) is 15.6 Å². The van der Waals surface area contributed by atoms with Gasteiger partial charge < -0.3 is 5.32 Å². The van der Waals surface area contributed by atoms with Gasteiger partial charge in [-0.25, -0.2) is 9.37 Å². The number of nitrogens with zero attached hydrogens (tertiary/aromatic N) is 1. The fraction of sp³-hybridized carbons (Fsp3) is 0.105. The molecule has 0 saturated heterocycles. The van der Waals surface area contributed by atoms with Crippen LogP contribution in [0.15, 0.2) is 48.5 Å². The van der Waals surface area contributed by atoms with E-state index in [4.69, 9.17) is 0 Å². The molecule has 0 spiro atoms. The molecule has 0 bridgehead atoms. The summed E-state index contributed by atoms with van der Waals surface area (Å²) in [5, 5.41) is 5.86. The minimum atomic E-state index is -0.323. The lowest BCUT2D eigenvalue weighted by Crippen LogP contribution is -2.13. The fourth-order valence-electron chi connectivity index (χ4n) is 2.44. The van der Waals surface area contributed by atoms with Crippen molar-refractivity contribution in [2.24, 2.45) is 0 Å². The second-order valence-corrected chi connectivity index (χ2v) is 6.85. The molecule has 0 unspecified atom stereocenters. The first-order valence-electron chi connectivity index (χ1n) is 7.85.